The predicted octanol–water partition coefficient (Wildman–Crippen LogP) is 4.22. The Bertz CT molecular complexity index is 1220. The lowest BCUT2D eigenvalue weighted by Gasteiger charge is -2.11. The summed E-state index contributed by atoms with van der Waals surface area (Å²) in [6.45, 7) is 3.88. The third kappa shape index (κ3) is 6.27. The van der Waals surface area contributed by atoms with Crippen LogP contribution in [0.1, 0.15) is 16.9 Å². The van der Waals surface area contributed by atoms with Crippen LogP contribution in [0.5, 0.6) is 0 Å². The van der Waals surface area contributed by atoms with Crippen molar-refractivity contribution in [3.63, 3.8) is 0 Å². The first-order valence-electron chi connectivity index (χ1n) is 9.27. The van der Waals surface area contributed by atoms with Crippen molar-refractivity contribution in [3.8, 4) is 0 Å². The van der Waals surface area contributed by atoms with Crippen LogP contribution in [-0.4, -0.2) is 19.4 Å². The number of rotatable bonds is 6. The molecule has 3 rings (SSSR count). The van der Waals surface area contributed by atoms with Crippen molar-refractivity contribution in [2.24, 2.45) is 0 Å². The number of carbonyl (C=O) groups excluding carboxylic acids is 1. The highest BCUT2D eigenvalue weighted by Crippen LogP contribution is 2.20. The Kier molecular flexibility index (Phi) is 6.88. The maximum atomic E-state index is 12.6. The lowest BCUT2D eigenvalue weighted by atomic mass is 10.1. The fraction of sp³-hybridized carbons (Fsp3) is 0.0909. The van der Waals surface area contributed by atoms with Crippen LogP contribution >= 0.6 is 12.2 Å². The summed E-state index contributed by atoms with van der Waals surface area (Å²) in [6, 6.07) is 14.8. The number of hydrogen-bond acceptors (Lipinski definition) is 5. The van der Waals surface area contributed by atoms with Crippen LogP contribution < -0.4 is 15.4 Å². The molecule has 0 aliphatic carbocycles. The van der Waals surface area contributed by atoms with E-state index in [1.165, 1.54) is 30.5 Å². The smallest absolute Gasteiger partial charge is 0.261 e. The molecule has 0 spiro atoms. The van der Waals surface area contributed by atoms with E-state index in [1.54, 1.807) is 36.4 Å². The van der Waals surface area contributed by atoms with Crippen LogP contribution in [-0.2, 0) is 14.8 Å². The molecule has 1 amide bonds. The van der Waals surface area contributed by atoms with E-state index in [9.17, 15) is 13.2 Å². The summed E-state index contributed by atoms with van der Waals surface area (Å²) < 4.78 is 32.9. The molecule has 0 fully saturated rings. The van der Waals surface area contributed by atoms with Crippen LogP contribution in [0.3, 0.4) is 0 Å². The van der Waals surface area contributed by atoms with Crippen molar-refractivity contribution in [3.05, 3.63) is 83.8 Å². The molecule has 0 saturated heterocycles. The molecule has 160 valence electrons. The molecule has 0 radical (unpaired) electrons. The number of carbonyl (C=O) groups is 1. The molecular weight excluding hydrogens is 434 g/mol. The molecule has 0 aliphatic heterocycles. The van der Waals surface area contributed by atoms with Gasteiger partial charge in [-0.2, -0.15) is 0 Å². The molecule has 2 aromatic carbocycles. The number of furan rings is 1. The van der Waals surface area contributed by atoms with Gasteiger partial charge in [0, 0.05) is 17.5 Å². The summed E-state index contributed by atoms with van der Waals surface area (Å²) in [4.78, 5) is 12.0. The number of sulfonamides is 1. The van der Waals surface area contributed by atoms with Crippen LogP contribution in [0.2, 0.25) is 0 Å². The van der Waals surface area contributed by atoms with Crippen LogP contribution in [0, 0.1) is 13.8 Å². The molecule has 1 heterocycles. The Morgan fingerprint density at radius 3 is 2.35 bits per heavy atom. The number of thiocarbonyl (C=S) groups is 1. The van der Waals surface area contributed by atoms with Gasteiger partial charge < -0.3 is 9.73 Å². The SMILES string of the molecule is Cc1ccc(NS(=O)(=O)c2ccc(NC(=S)NC(=O)/C=C/c3ccco3)cc2)cc1C. The van der Waals surface area contributed by atoms with Gasteiger partial charge in [-0.25, -0.2) is 8.42 Å². The Balaban J connectivity index is 1.59. The average molecular weight is 456 g/mol. The highest BCUT2D eigenvalue weighted by Gasteiger charge is 2.14. The van der Waals surface area contributed by atoms with E-state index in [4.69, 9.17) is 16.6 Å². The summed E-state index contributed by atoms with van der Waals surface area (Å²) >= 11 is 5.11. The first-order valence-corrected chi connectivity index (χ1v) is 11.2. The van der Waals surface area contributed by atoms with Gasteiger partial charge in [-0.1, -0.05) is 6.07 Å². The van der Waals surface area contributed by atoms with E-state index in [1.807, 2.05) is 19.9 Å². The Morgan fingerprint density at radius 2 is 1.71 bits per heavy atom. The number of aryl methyl sites for hydroxylation is 2. The monoisotopic (exact) mass is 455 g/mol. The number of amides is 1. The van der Waals surface area contributed by atoms with Gasteiger partial charge in [-0.3, -0.25) is 14.8 Å². The molecule has 9 heteroatoms. The second kappa shape index (κ2) is 9.59. The first-order chi connectivity index (χ1) is 14.7. The molecule has 0 bridgehead atoms. The standard InChI is InChI=1S/C22H21N3O4S2/c1-15-5-6-18(14-16(15)2)25-31(27,28)20-10-7-17(8-11-20)23-22(30)24-21(26)12-9-19-4-3-13-29-19/h3-14,25H,1-2H3,(H2,23,24,26,30)/b12-9+. The van der Waals surface area contributed by atoms with E-state index in [2.05, 4.69) is 15.4 Å². The summed E-state index contributed by atoms with van der Waals surface area (Å²) in [6.07, 6.45) is 4.31. The molecule has 0 unspecified atom stereocenters. The highest BCUT2D eigenvalue weighted by molar-refractivity contribution is 7.92. The van der Waals surface area contributed by atoms with E-state index in [0.717, 1.165) is 11.1 Å². The zero-order chi connectivity index (χ0) is 22.4. The molecule has 31 heavy (non-hydrogen) atoms. The Hall–Kier alpha value is -3.43. The number of benzene rings is 2. The minimum absolute atomic E-state index is 0.0814. The predicted molar refractivity (Wildman–Crippen MR) is 125 cm³/mol. The molecule has 0 atom stereocenters. The van der Waals surface area contributed by atoms with Crippen molar-refractivity contribution >= 4 is 50.7 Å². The van der Waals surface area contributed by atoms with Gasteiger partial charge in [0.25, 0.3) is 10.0 Å². The fourth-order valence-corrected chi connectivity index (χ4v) is 3.86. The third-order valence-corrected chi connectivity index (χ3v) is 5.96. The van der Waals surface area contributed by atoms with Crippen LogP contribution in [0.4, 0.5) is 11.4 Å². The second-order valence-corrected chi connectivity index (χ2v) is 8.81. The van der Waals surface area contributed by atoms with Gasteiger partial charge in [0.1, 0.15) is 5.76 Å². The summed E-state index contributed by atoms with van der Waals surface area (Å²) in [5.41, 5.74) is 3.11. The largest absolute Gasteiger partial charge is 0.465 e. The summed E-state index contributed by atoms with van der Waals surface area (Å²) in [5.74, 6) is 0.117. The molecule has 3 aromatic rings. The van der Waals surface area contributed by atoms with E-state index >= 15 is 0 Å². The minimum Gasteiger partial charge on any atom is -0.465 e. The summed E-state index contributed by atoms with van der Waals surface area (Å²) in [7, 11) is -3.73. The maximum absolute atomic E-state index is 12.6. The fourth-order valence-electron chi connectivity index (χ4n) is 2.60. The maximum Gasteiger partial charge on any atom is 0.261 e. The van der Waals surface area contributed by atoms with Crippen molar-refractivity contribution in [1.82, 2.24) is 5.32 Å². The van der Waals surface area contributed by atoms with Crippen molar-refractivity contribution in [2.45, 2.75) is 18.7 Å². The quantitative estimate of drug-likeness (QED) is 0.380. The third-order valence-electron chi connectivity index (χ3n) is 4.36. The highest BCUT2D eigenvalue weighted by atomic mass is 32.2. The Labute approximate surface area is 186 Å². The normalized spacial score (nSPS) is 11.3. The molecule has 1 aromatic heterocycles. The lowest BCUT2D eigenvalue weighted by Crippen LogP contribution is -2.32. The Morgan fingerprint density at radius 1 is 1.00 bits per heavy atom. The number of hydrogen-bond donors (Lipinski definition) is 3. The lowest BCUT2D eigenvalue weighted by molar-refractivity contribution is -0.115. The zero-order valence-electron chi connectivity index (χ0n) is 16.9. The zero-order valence-corrected chi connectivity index (χ0v) is 18.5. The molecule has 0 saturated carbocycles. The minimum atomic E-state index is -3.73. The van der Waals surface area contributed by atoms with Gasteiger partial charge in [-0.15, -0.1) is 0 Å². The summed E-state index contributed by atoms with van der Waals surface area (Å²) in [5, 5.41) is 5.42. The molecule has 0 aliphatic rings. The number of anilines is 2. The van der Waals surface area contributed by atoms with Gasteiger partial charge in [0.05, 0.1) is 11.2 Å². The van der Waals surface area contributed by atoms with E-state index in [0.29, 0.717) is 17.1 Å². The second-order valence-electron chi connectivity index (χ2n) is 6.72. The van der Waals surface area contributed by atoms with E-state index < -0.39 is 15.9 Å². The molecule has 7 nitrogen and oxygen atoms in total. The van der Waals surface area contributed by atoms with Crippen LogP contribution in [0.25, 0.3) is 6.08 Å². The van der Waals surface area contributed by atoms with Gasteiger partial charge in [0.15, 0.2) is 5.11 Å². The van der Waals surface area contributed by atoms with Crippen LogP contribution in [0.15, 0.2) is 76.2 Å². The van der Waals surface area contributed by atoms with Crippen molar-refractivity contribution in [1.29, 1.82) is 0 Å². The molecular formula is C22H21N3O4S2. The van der Waals surface area contributed by atoms with E-state index in [-0.39, 0.29) is 10.0 Å². The van der Waals surface area contributed by atoms with Gasteiger partial charge >= 0.3 is 0 Å². The van der Waals surface area contributed by atoms with Crippen molar-refractivity contribution < 1.29 is 17.6 Å². The van der Waals surface area contributed by atoms with Gasteiger partial charge in [-0.05, 0) is 91.8 Å². The topological polar surface area (TPSA) is 100 Å². The molecule has 3 N–H and O–H groups in total. The first kappa shape index (κ1) is 22.3. The average Bonchev–Trinajstić information content (AvgIpc) is 3.23. The van der Waals surface area contributed by atoms with Gasteiger partial charge in [0.2, 0.25) is 5.91 Å². The van der Waals surface area contributed by atoms with Crippen molar-refractivity contribution in [2.75, 3.05) is 10.0 Å². The number of nitrogens with one attached hydrogen (secondary N) is 3.